The van der Waals surface area contributed by atoms with Crippen LogP contribution in [-0.4, -0.2) is 24.5 Å². The van der Waals surface area contributed by atoms with E-state index in [1.54, 1.807) is 0 Å². The van der Waals surface area contributed by atoms with Crippen LogP contribution in [0.15, 0.2) is 29.4 Å². The number of epoxide rings is 1. The van der Waals surface area contributed by atoms with E-state index in [4.69, 9.17) is 21.2 Å². The van der Waals surface area contributed by atoms with Crippen molar-refractivity contribution in [3.8, 4) is 0 Å². The molecule has 2 aliphatic rings. The third-order valence-electron chi connectivity index (χ3n) is 2.64. The molecule has 0 spiro atoms. The molecule has 78 valence electrons. The van der Waals surface area contributed by atoms with E-state index >= 15 is 0 Å². The maximum Gasteiger partial charge on any atom is 0.161 e. The average molecular weight is 224 g/mol. The van der Waals surface area contributed by atoms with E-state index in [-0.39, 0.29) is 12.2 Å². The van der Waals surface area contributed by atoms with Gasteiger partial charge in [-0.25, -0.2) is 0 Å². The standard InChI is InChI=1S/C11H10ClNO2/c12-8-3-1-7(2-4-8)9-5-10(15-13-9)11-6-14-11/h1-4,10-11H,5-6H2/t10-,11+/m0/s1. The molecular weight excluding hydrogens is 214 g/mol. The maximum atomic E-state index is 5.82. The highest BCUT2D eigenvalue weighted by Crippen LogP contribution is 2.26. The molecule has 0 amide bonds. The third-order valence-corrected chi connectivity index (χ3v) is 2.90. The molecule has 0 N–H and O–H groups in total. The topological polar surface area (TPSA) is 34.1 Å². The molecule has 0 saturated carbocycles. The van der Waals surface area contributed by atoms with Gasteiger partial charge in [0.25, 0.3) is 0 Å². The summed E-state index contributed by atoms with van der Waals surface area (Å²) in [5, 5.41) is 4.81. The van der Waals surface area contributed by atoms with Crippen molar-refractivity contribution in [3.63, 3.8) is 0 Å². The zero-order chi connectivity index (χ0) is 10.3. The summed E-state index contributed by atoms with van der Waals surface area (Å²) in [5.74, 6) is 0. The Labute approximate surface area is 92.6 Å². The Hall–Kier alpha value is -1.06. The van der Waals surface area contributed by atoms with Gasteiger partial charge in [-0.05, 0) is 17.7 Å². The lowest BCUT2D eigenvalue weighted by atomic mass is 10.0. The smallest absolute Gasteiger partial charge is 0.161 e. The number of hydrogen-bond acceptors (Lipinski definition) is 3. The second kappa shape index (κ2) is 3.51. The molecule has 0 bridgehead atoms. The molecule has 0 aliphatic carbocycles. The van der Waals surface area contributed by atoms with E-state index in [1.165, 1.54) is 0 Å². The lowest BCUT2D eigenvalue weighted by molar-refractivity contribution is 0.0627. The van der Waals surface area contributed by atoms with Crippen molar-refractivity contribution in [1.82, 2.24) is 0 Å². The Kier molecular flexibility index (Phi) is 2.15. The molecule has 0 radical (unpaired) electrons. The number of halogens is 1. The maximum absolute atomic E-state index is 5.82. The normalized spacial score (nSPS) is 28.5. The molecule has 15 heavy (non-hydrogen) atoms. The first-order valence-electron chi connectivity index (χ1n) is 4.93. The molecule has 1 aromatic rings. The molecular formula is C11H10ClNO2. The van der Waals surface area contributed by atoms with E-state index < -0.39 is 0 Å². The molecule has 1 saturated heterocycles. The number of ether oxygens (including phenoxy) is 1. The van der Waals surface area contributed by atoms with Crippen molar-refractivity contribution in [2.75, 3.05) is 6.61 Å². The highest BCUT2D eigenvalue weighted by molar-refractivity contribution is 6.30. The van der Waals surface area contributed by atoms with Crippen LogP contribution in [0.1, 0.15) is 12.0 Å². The largest absolute Gasteiger partial charge is 0.389 e. The van der Waals surface area contributed by atoms with Crippen molar-refractivity contribution in [3.05, 3.63) is 34.9 Å². The number of rotatable bonds is 2. The van der Waals surface area contributed by atoms with Gasteiger partial charge in [0.1, 0.15) is 6.10 Å². The Morgan fingerprint density at radius 2 is 1.93 bits per heavy atom. The molecule has 2 atom stereocenters. The highest BCUT2D eigenvalue weighted by atomic mass is 35.5. The zero-order valence-corrected chi connectivity index (χ0v) is 8.78. The Balaban J connectivity index is 1.75. The monoisotopic (exact) mass is 223 g/mol. The molecule has 0 aromatic heterocycles. The molecule has 0 unspecified atom stereocenters. The quantitative estimate of drug-likeness (QED) is 0.721. The minimum absolute atomic E-state index is 0.107. The summed E-state index contributed by atoms with van der Waals surface area (Å²) >= 11 is 5.82. The first kappa shape index (κ1) is 9.19. The van der Waals surface area contributed by atoms with Crippen LogP contribution in [0.5, 0.6) is 0 Å². The molecule has 1 aromatic carbocycles. The van der Waals surface area contributed by atoms with Gasteiger partial charge in [-0.1, -0.05) is 28.9 Å². The van der Waals surface area contributed by atoms with Crippen LogP contribution in [0.4, 0.5) is 0 Å². The van der Waals surface area contributed by atoms with Crippen LogP contribution < -0.4 is 0 Å². The second-order valence-electron chi connectivity index (χ2n) is 3.76. The fourth-order valence-corrected chi connectivity index (χ4v) is 1.80. The minimum atomic E-state index is 0.107. The SMILES string of the molecule is Clc1ccc(C2=NO[C@H]([C@H]3CO3)C2)cc1. The summed E-state index contributed by atoms with van der Waals surface area (Å²) in [6.45, 7) is 0.800. The molecule has 3 rings (SSSR count). The molecule has 1 fully saturated rings. The summed E-state index contributed by atoms with van der Waals surface area (Å²) in [5.41, 5.74) is 2.05. The van der Waals surface area contributed by atoms with Crippen LogP contribution in [0.2, 0.25) is 5.02 Å². The number of benzene rings is 1. The summed E-state index contributed by atoms with van der Waals surface area (Å²) in [6.07, 6.45) is 1.18. The van der Waals surface area contributed by atoms with E-state index in [2.05, 4.69) is 5.16 Å². The van der Waals surface area contributed by atoms with Crippen LogP contribution in [0.3, 0.4) is 0 Å². The van der Waals surface area contributed by atoms with Gasteiger partial charge in [0.2, 0.25) is 0 Å². The summed E-state index contributed by atoms with van der Waals surface area (Å²) in [6, 6.07) is 7.64. The van der Waals surface area contributed by atoms with Crippen molar-refractivity contribution in [2.24, 2.45) is 5.16 Å². The van der Waals surface area contributed by atoms with Gasteiger partial charge in [0.05, 0.1) is 12.3 Å². The van der Waals surface area contributed by atoms with Gasteiger partial charge >= 0.3 is 0 Å². The summed E-state index contributed by atoms with van der Waals surface area (Å²) in [4.78, 5) is 5.30. The predicted octanol–water partition coefficient (Wildman–Crippen LogP) is 2.23. The first-order valence-corrected chi connectivity index (χ1v) is 5.31. The van der Waals surface area contributed by atoms with Crippen LogP contribution >= 0.6 is 11.6 Å². The van der Waals surface area contributed by atoms with Crippen LogP contribution in [0.25, 0.3) is 0 Å². The van der Waals surface area contributed by atoms with Gasteiger partial charge in [-0.3, -0.25) is 0 Å². The van der Waals surface area contributed by atoms with Crippen molar-refractivity contribution < 1.29 is 9.57 Å². The third kappa shape index (κ3) is 1.85. The number of nitrogens with zero attached hydrogens (tertiary/aromatic N) is 1. The second-order valence-corrected chi connectivity index (χ2v) is 4.20. The summed E-state index contributed by atoms with van der Waals surface area (Å²) < 4.78 is 5.18. The fourth-order valence-electron chi connectivity index (χ4n) is 1.68. The van der Waals surface area contributed by atoms with Crippen LogP contribution in [0, 0.1) is 0 Å². The van der Waals surface area contributed by atoms with E-state index in [0.717, 1.165) is 29.3 Å². The van der Waals surface area contributed by atoms with Gasteiger partial charge in [0, 0.05) is 11.4 Å². The predicted molar refractivity (Wildman–Crippen MR) is 57.2 cm³/mol. The molecule has 3 nitrogen and oxygen atoms in total. The van der Waals surface area contributed by atoms with Gasteiger partial charge in [-0.15, -0.1) is 0 Å². The zero-order valence-electron chi connectivity index (χ0n) is 8.02. The van der Waals surface area contributed by atoms with E-state index in [9.17, 15) is 0 Å². The average Bonchev–Trinajstić information content (AvgIpc) is 2.99. The van der Waals surface area contributed by atoms with Crippen molar-refractivity contribution in [1.29, 1.82) is 0 Å². The van der Waals surface area contributed by atoms with E-state index in [1.807, 2.05) is 24.3 Å². The van der Waals surface area contributed by atoms with Crippen molar-refractivity contribution >= 4 is 17.3 Å². The van der Waals surface area contributed by atoms with E-state index in [0.29, 0.717) is 0 Å². The number of oxime groups is 1. The Morgan fingerprint density at radius 1 is 1.20 bits per heavy atom. The van der Waals surface area contributed by atoms with Gasteiger partial charge in [0.15, 0.2) is 6.10 Å². The van der Waals surface area contributed by atoms with Gasteiger partial charge < -0.3 is 9.57 Å². The first-order chi connectivity index (χ1) is 7.33. The van der Waals surface area contributed by atoms with Crippen molar-refractivity contribution in [2.45, 2.75) is 18.6 Å². The Morgan fingerprint density at radius 3 is 2.60 bits per heavy atom. The number of hydrogen-bond donors (Lipinski definition) is 0. The highest BCUT2D eigenvalue weighted by Gasteiger charge is 2.38. The van der Waals surface area contributed by atoms with Gasteiger partial charge in [-0.2, -0.15) is 0 Å². The lowest BCUT2D eigenvalue weighted by Gasteiger charge is -2.02. The Bertz CT molecular complexity index is 398. The van der Waals surface area contributed by atoms with Crippen LogP contribution in [-0.2, 0) is 9.57 Å². The summed E-state index contributed by atoms with van der Waals surface area (Å²) in [7, 11) is 0. The lowest BCUT2D eigenvalue weighted by Crippen LogP contribution is -2.15. The molecule has 4 heteroatoms. The minimum Gasteiger partial charge on any atom is -0.389 e. The molecule has 2 aliphatic heterocycles. The molecule has 2 heterocycles. The fraction of sp³-hybridized carbons (Fsp3) is 0.364.